The van der Waals surface area contributed by atoms with Gasteiger partial charge in [-0.2, -0.15) is 0 Å². The van der Waals surface area contributed by atoms with Crippen molar-refractivity contribution in [2.45, 2.75) is 18.8 Å². The Bertz CT molecular complexity index is 3350. The summed E-state index contributed by atoms with van der Waals surface area (Å²) in [4.78, 5) is 15.4. The number of fused-ring (bicyclic) bond motifs is 12. The fraction of sp³-hybridized carbons (Fsp3) is 0.0577. The quantitative estimate of drug-likeness (QED) is 0.179. The van der Waals surface area contributed by atoms with Gasteiger partial charge in [0.2, 0.25) is 0 Å². The highest BCUT2D eigenvalue weighted by Gasteiger charge is 2.40. The lowest BCUT2D eigenvalue weighted by Gasteiger charge is -2.41. The fourth-order valence-electron chi connectivity index (χ4n) is 9.14. The number of nitrogens with zero attached hydrogens (tertiary/aromatic N) is 3. The molecule has 57 heavy (non-hydrogen) atoms. The van der Waals surface area contributed by atoms with Gasteiger partial charge in [0, 0.05) is 62.4 Å². The predicted octanol–water partition coefficient (Wildman–Crippen LogP) is 14.4. The number of benzene rings is 7. The molecule has 2 aliphatic rings. The molecule has 3 heterocycles. The molecule has 268 valence electrons. The van der Waals surface area contributed by atoms with E-state index in [0.29, 0.717) is 17.5 Å². The third-order valence-corrected chi connectivity index (χ3v) is 14.4. The van der Waals surface area contributed by atoms with Gasteiger partial charge in [0.25, 0.3) is 0 Å². The molecule has 0 fully saturated rings. The van der Waals surface area contributed by atoms with Crippen molar-refractivity contribution in [3.05, 3.63) is 187 Å². The first-order chi connectivity index (χ1) is 28.1. The molecular formula is C52H33N3S2. The van der Waals surface area contributed by atoms with Crippen LogP contribution in [0.4, 0.5) is 0 Å². The summed E-state index contributed by atoms with van der Waals surface area (Å²) < 4.78 is 4.94. The van der Waals surface area contributed by atoms with Crippen molar-refractivity contribution in [1.82, 2.24) is 15.0 Å². The molecule has 0 aliphatic heterocycles. The third kappa shape index (κ3) is 5.06. The van der Waals surface area contributed by atoms with E-state index in [0.717, 1.165) is 23.1 Å². The van der Waals surface area contributed by atoms with Gasteiger partial charge in [-0.05, 0) is 81.8 Å². The van der Waals surface area contributed by atoms with E-state index in [1.54, 1.807) is 11.3 Å². The molecule has 0 saturated carbocycles. The summed E-state index contributed by atoms with van der Waals surface area (Å²) in [6, 6.07) is 56.8. The number of thiophene rings is 2. The molecule has 1 unspecified atom stereocenters. The summed E-state index contributed by atoms with van der Waals surface area (Å²) in [5.74, 6) is 2.03. The van der Waals surface area contributed by atoms with Crippen molar-refractivity contribution in [1.29, 1.82) is 0 Å². The van der Waals surface area contributed by atoms with Gasteiger partial charge in [0.05, 0.1) is 0 Å². The van der Waals surface area contributed by atoms with Crippen molar-refractivity contribution < 1.29 is 0 Å². The summed E-state index contributed by atoms with van der Waals surface area (Å²) in [6.07, 6.45) is 5.86. The molecule has 0 bridgehead atoms. The lowest BCUT2D eigenvalue weighted by atomic mass is 9.62. The first-order valence-electron chi connectivity index (χ1n) is 19.4. The standard InChI is InChI=1S/C52H33N3S2/c1-52-27-26-33(29-44(52)37-16-6-5-14-35(37)36-15-7-9-20-43(36)52)32-23-25-46-42(28-32)39-24-22-34(30-47(39)56-46)50-53-49(31-12-3-2-4-13-31)54-51(55-50)41-19-11-18-40-38-17-8-10-21-45(38)57-48(40)41/h2-26,28-30H,27H2,1H3. The average molecular weight is 764 g/mol. The molecule has 0 saturated heterocycles. The van der Waals surface area contributed by atoms with Crippen LogP contribution in [0.2, 0.25) is 0 Å². The summed E-state index contributed by atoms with van der Waals surface area (Å²) in [7, 11) is 0. The molecule has 3 nitrogen and oxygen atoms in total. The number of hydrogen-bond donors (Lipinski definition) is 0. The average Bonchev–Trinajstić information content (AvgIpc) is 3.84. The second-order valence-corrected chi connectivity index (χ2v) is 17.5. The van der Waals surface area contributed by atoms with Crippen molar-refractivity contribution in [3.63, 3.8) is 0 Å². The Balaban J connectivity index is 0.961. The normalized spacial score (nSPS) is 16.0. The van der Waals surface area contributed by atoms with Crippen molar-refractivity contribution in [2.24, 2.45) is 0 Å². The maximum atomic E-state index is 5.20. The highest BCUT2D eigenvalue weighted by molar-refractivity contribution is 7.26. The maximum Gasteiger partial charge on any atom is 0.165 e. The van der Waals surface area contributed by atoms with Crippen LogP contribution in [0.15, 0.2) is 170 Å². The van der Waals surface area contributed by atoms with Crippen LogP contribution < -0.4 is 0 Å². The van der Waals surface area contributed by atoms with E-state index >= 15 is 0 Å². The molecule has 5 heteroatoms. The number of allylic oxidation sites excluding steroid dienone is 4. The third-order valence-electron chi connectivity index (χ3n) is 12.0. The van der Waals surface area contributed by atoms with Gasteiger partial charge >= 0.3 is 0 Å². The smallest absolute Gasteiger partial charge is 0.165 e. The first-order valence-corrected chi connectivity index (χ1v) is 21.0. The second-order valence-electron chi connectivity index (χ2n) is 15.3. The molecule has 12 rings (SSSR count). The zero-order chi connectivity index (χ0) is 37.7. The Morgan fingerprint density at radius 3 is 2.02 bits per heavy atom. The molecule has 2 aliphatic carbocycles. The summed E-state index contributed by atoms with van der Waals surface area (Å²) in [5, 5.41) is 5.01. The van der Waals surface area contributed by atoms with E-state index in [9.17, 15) is 0 Å². The Kier molecular flexibility index (Phi) is 7.16. The minimum atomic E-state index is -0.0658. The van der Waals surface area contributed by atoms with Gasteiger partial charge in [-0.15, -0.1) is 22.7 Å². The highest BCUT2D eigenvalue weighted by Crippen LogP contribution is 2.54. The first kappa shape index (κ1) is 32.7. The SMILES string of the molecule is CC12CC=C(c3ccc4sc5cc(-c6nc(-c7ccccc7)nc(-c7cccc8c7sc7ccccc78)n6)ccc5c4c3)C=C1c1ccccc1-c1ccccc12. The zero-order valence-corrected chi connectivity index (χ0v) is 32.7. The largest absolute Gasteiger partial charge is 0.208 e. The topological polar surface area (TPSA) is 38.7 Å². The van der Waals surface area contributed by atoms with Crippen molar-refractivity contribution >= 4 is 74.2 Å². The van der Waals surface area contributed by atoms with E-state index in [1.807, 2.05) is 29.5 Å². The van der Waals surface area contributed by atoms with Gasteiger partial charge in [0.15, 0.2) is 17.5 Å². The van der Waals surface area contributed by atoms with E-state index in [-0.39, 0.29) is 5.41 Å². The van der Waals surface area contributed by atoms with Crippen LogP contribution in [-0.4, -0.2) is 15.0 Å². The molecule has 0 amide bonds. The molecule has 1 atom stereocenters. The van der Waals surface area contributed by atoms with Crippen LogP contribution in [0.5, 0.6) is 0 Å². The molecule has 3 aromatic heterocycles. The molecular weight excluding hydrogens is 731 g/mol. The second kappa shape index (κ2) is 12.5. The van der Waals surface area contributed by atoms with Crippen LogP contribution >= 0.6 is 22.7 Å². The van der Waals surface area contributed by atoms with E-state index in [4.69, 9.17) is 15.0 Å². The van der Waals surface area contributed by atoms with Gasteiger partial charge in [-0.1, -0.05) is 140 Å². The van der Waals surface area contributed by atoms with E-state index < -0.39 is 0 Å². The molecule has 0 spiro atoms. The Hall–Kier alpha value is -6.53. The minimum absolute atomic E-state index is 0.0658. The summed E-state index contributed by atoms with van der Waals surface area (Å²) >= 11 is 3.62. The van der Waals surface area contributed by atoms with E-state index in [1.165, 1.54) is 79.3 Å². The molecule has 0 N–H and O–H groups in total. The van der Waals surface area contributed by atoms with Crippen molar-refractivity contribution in [3.8, 4) is 45.3 Å². The predicted molar refractivity (Wildman–Crippen MR) is 242 cm³/mol. The fourth-order valence-corrected chi connectivity index (χ4v) is 11.5. The monoisotopic (exact) mass is 763 g/mol. The van der Waals surface area contributed by atoms with Gasteiger partial charge < -0.3 is 0 Å². The summed E-state index contributed by atoms with van der Waals surface area (Å²) in [6.45, 7) is 2.41. The van der Waals surface area contributed by atoms with Gasteiger partial charge in [0.1, 0.15) is 0 Å². The van der Waals surface area contributed by atoms with Gasteiger partial charge in [-0.25, -0.2) is 15.0 Å². The number of hydrogen-bond acceptors (Lipinski definition) is 5. The lowest BCUT2D eigenvalue weighted by Crippen LogP contribution is -2.29. The number of aromatic nitrogens is 3. The van der Waals surface area contributed by atoms with E-state index in [2.05, 4.69) is 159 Å². The van der Waals surface area contributed by atoms with Crippen LogP contribution in [0, 0.1) is 0 Å². The Morgan fingerprint density at radius 2 is 1.12 bits per heavy atom. The number of rotatable bonds is 4. The van der Waals surface area contributed by atoms with Crippen LogP contribution in [0.3, 0.4) is 0 Å². The molecule has 10 aromatic rings. The lowest BCUT2D eigenvalue weighted by molar-refractivity contribution is 0.619. The Labute approximate surface area is 338 Å². The molecule has 0 radical (unpaired) electrons. The Morgan fingerprint density at radius 1 is 0.456 bits per heavy atom. The van der Waals surface area contributed by atoms with Crippen LogP contribution in [0.1, 0.15) is 30.0 Å². The van der Waals surface area contributed by atoms with Crippen LogP contribution in [0.25, 0.3) is 96.8 Å². The minimum Gasteiger partial charge on any atom is -0.208 e. The zero-order valence-electron chi connectivity index (χ0n) is 31.0. The van der Waals surface area contributed by atoms with Crippen LogP contribution in [-0.2, 0) is 5.41 Å². The maximum absolute atomic E-state index is 5.20. The molecule has 7 aromatic carbocycles. The highest BCUT2D eigenvalue weighted by atomic mass is 32.1. The summed E-state index contributed by atoms with van der Waals surface area (Å²) in [5.41, 5.74) is 12.3. The van der Waals surface area contributed by atoms with Crippen molar-refractivity contribution in [2.75, 3.05) is 0 Å². The van der Waals surface area contributed by atoms with Gasteiger partial charge in [-0.3, -0.25) is 0 Å².